The highest BCUT2D eigenvalue weighted by molar-refractivity contribution is 5.16. The average molecular weight is 234 g/mol. The molecule has 2 nitrogen and oxygen atoms in total. The molecule has 0 saturated heterocycles. The molecular formula is C14H19FN2. The predicted molar refractivity (Wildman–Crippen MR) is 67.0 cm³/mol. The van der Waals surface area contributed by atoms with Crippen molar-refractivity contribution in [3.63, 3.8) is 0 Å². The molecule has 0 radical (unpaired) electrons. The first-order valence-electron chi connectivity index (χ1n) is 5.90. The zero-order valence-electron chi connectivity index (χ0n) is 10.5. The summed E-state index contributed by atoms with van der Waals surface area (Å²) < 4.78 is 12.9. The Labute approximate surface area is 102 Å². The van der Waals surface area contributed by atoms with Gasteiger partial charge in [0.1, 0.15) is 5.82 Å². The molecule has 0 aliphatic carbocycles. The molecule has 1 N–H and O–H groups in total. The first kappa shape index (κ1) is 13.7. The molecule has 0 unspecified atom stereocenters. The van der Waals surface area contributed by atoms with Crippen LogP contribution in [0.2, 0.25) is 0 Å². The van der Waals surface area contributed by atoms with Gasteiger partial charge in [-0.15, -0.1) is 0 Å². The van der Waals surface area contributed by atoms with E-state index in [1.54, 1.807) is 12.1 Å². The molecule has 17 heavy (non-hydrogen) atoms. The highest BCUT2D eigenvalue weighted by Crippen LogP contribution is 2.17. The van der Waals surface area contributed by atoms with Gasteiger partial charge in [0.15, 0.2) is 0 Å². The Morgan fingerprint density at radius 1 is 1.35 bits per heavy atom. The zero-order chi connectivity index (χ0) is 12.7. The molecule has 0 aromatic heterocycles. The van der Waals surface area contributed by atoms with Crippen molar-refractivity contribution in [3.8, 4) is 6.07 Å². The Bertz CT molecular complexity index is 393. The lowest BCUT2D eigenvalue weighted by atomic mass is 9.91. The van der Waals surface area contributed by atoms with Crippen molar-refractivity contribution in [2.45, 2.75) is 26.7 Å². The first-order valence-corrected chi connectivity index (χ1v) is 5.90. The third-order valence-electron chi connectivity index (χ3n) is 2.71. The van der Waals surface area contributed by atoms with Crippen LogP contribution in [0, 0.1) is 22.6 Å². The van der Waals surface area contributed by atoms with Crippen molar-refractivity contribution >= 4 is 0 Å². The lowest BCUT2D eigenvalue weighted by molar-refractivity contribution is 0.434. The molecule has 0 saturated carbocycles. The molecule has 0 atom stereocenters. The standard InChI is InChI=1S/C14H19FN2/c1-14(2,11-16)7-9-17-8-6-12-4-3-5-13(15)10-12/h3-5,10,17H,6-9H2,1-2H3. The first-order chi connectivity index (χ1) is 8.03. The lowest BCUT2D eigenvalue weighted by Crippen LogP contribution is -2.23. The van der Waals surface area contributed by atoms with Gasteiger partial charge in [0.2, 0.25) is 0 Å². The Kier molecular flexibility index (Phi) is 5.11. The van der Waals surface area contributed by atoms with Gasteiger partial charge < -0.3 is 5.32 Å². The van der Waals surface area contributed by atoms with E-state index >= 15 is 0 Å². The number of hydrogen-bond donors (Lipinski definition) is 1. The number of nitrogens with zero attached hydrogens (tertiary/aromatic N) is 1. The molecule has 3 heteroatoms. The maximum absolute atomic E-state index is 12.9. The van der Waals surface area contributed by atoms with Crippen LogP contribution in [0.25, 0.3) is 0 Å². The topological polar surface area (TPSA) is 35.8 Å². The van der Waals surface area contributed by atoms with Gasteiger partial charge in [-0.3, -0.25) is 0 Å². The summed E-state index contributed by atoms with van der Waals surface area (Å²) >= 11 is 0. The van der Waals surface area contributed by atoms with Crippen molar-refractivity contribution in [3.05, 3.63) is 35.6 Å². The van der Waals surface area contributed by atoms with Gasteiger partial charge in [-0.25, -0.2) is 4.39 Å². The third-order valence-corrected chi connectivity index (χ3v) is 2.71. The molecule has 0 fully saturated rings. The molecule has 0 aliphatic heterocycles. The minimum absolute atomic E-state index is 0.187. The largest absolute Gasteiger partial charge is 0.316 e. The smallest absolute Gasteiger partial charge is 0.123 e. The quantitative estimate of drug-likeness (QED) is 0.768. The van der Waals surface area contributed by atoms with Crippen molar-refractivity contribution in [2.24, 2.45) is 5.41 Å². The molecule has 92 valence electrons. The molecule has 1 aromatic rings. The fourth-order valence-electron chi connectivity index (χ4n) is 1.51. The number of hydrogen-bond acceptors (Lipinski definition) is 2. The third kappa shape index (κ3) is 5.46. The van der Waals surface area contributed by atoms with Crippen molar-refractivity contribution in [2.75, 3.05) is 13.1 Å². The maximum atomic E-state index is 12.9. The van der Waals surface area contributed by atoms with Gasteiger partial charge in [-0.2, -0.15) is 5.26 Å². The Balaban J connectivity index is 2.19. The van der Waals surface area contributed by atoms with Gasteiger partial charge >= 0.3 is 0 Å². The summed E-state index contributed by atoms with van der Waals surface area (Å²) in [6.45, 7) is 5.49. The van der Waals surface area contributed by atoms with Crippen molar-refractivity contribution in [1.29, 1.82) is 5.26 Å². The molecule has 0 heterocycles. The van der Waals surface area contributed by atoms with E-state index in [0.29, 0.717) is 0 Å². The van der Waals surface area contributed by atoms with Gasteiger partial charge in [0.05, 0.1) is 11.5 Å². The van der Waals surface area contributed by atoms with Crippen LogP contribution in [0.1, 0.15) is 25.8 Å². The highest BCUT2D eigenvalue weighted by atomic mass is 19.1. The Morgan fingerprint density at radius 3 is 2.76 bits per heavy atom. The zero-order valence-corrected chi connectivity index (χ0v) is 10.5. The summed E-state index contributed by atoms with van der Waals surface area (Å²) in [7, 11) is 0. The summed E-state index contributed by atoms with van der Waals surface area (Å²) in [5.41, 5.74) is 0.725. The van der Waals surface area contributed by atoms with Crippen LogP contribution in [0.5, 0.6) is 0 Å². The monoisotopic (exact) mass is 234 g/mol. The minimum atomic E-state index is -0.272. The van der Waals surface area contributed by atoms with Crippen LogP contribution in [0.15, 0.2) is 24.3 Å². The van der Waals surface area contributed by atoms with Crippen LogP contribution in [0.4, 0.5) is 4.39 Å². The number of nitriles is 1. The molecule has 1 rings (SSSR count). The fourth-order valence-corrected chi connectivity index (χ4v) is 1.51. The second-order valence-electron chi connectivity index (χ2n) is 4.88. The predicted octanol–water partition coefficient (Wildman–Crippen LogP) is 2.90. The van der Waals surface area contributed by atoms with E-state index in [1.807, 2.05) is 19.9 Å². The van der Waals surface area contributed by atoms with Crippen LogP contribution >= 0.6 is 0 Å². The van der Waals surface area contributed by atoms with Crippen LogP contribution in [0.3, 0.4) is 0 Å². The van der Waals surface area contributed by atoms with E-state index in [0.717, 1.165) is 31.5 Å². The van der Waals surface area contributed by atoms with Gasteiger partial charge in [-0.1, -0.05) is 12.1 Å². The normalized spacial score (nSPS) is 11.2. The SMILES string of the molecule is CC(C)(C#N)CCNCCc1cccc(F)c1. The average Bonchev–Trinajstić information content (AvgIpc) is 2.29. The van der Waals surface area contributed by atoms with Gasteiger partial charge in [-0.05, 0) is 57.5 Å². The number of nitrogens with one attached hydrogen (secondary N) is 1. The van der Waals surface area contributed by atoms with E-state index in [9.17, 15) is 4.39 Å². The highest BCUT2D eigenvalue weighted by Gasteiger charge is 2.15. The van der Waals surface area contributed by atoms with Crippen LogP contribution in [-0.2, 0) is 6.42 Å². The van der Waals surface area contributed by atoms with Gasteiger partial charge in [0, 0.05) is 0 Å². The molecule has 1 aromatic carbocycles. The summed E-state index contributed by atoms with van der Waals surface area (Å²) in [6, 6.07) is 8.92. The molecule has 0 aliphatic rings. The second-order valence-corrected chi connectivity index (χ2v) is 4.88. The van der Waals surface area contributed by atoms with E-state index in [1.165, 1.54) is 6.07 Å². The summed E-state index contributed by atoms with van der Waals surface area (Å²) in [5, 5.41) is 12.1. The van der Waals surface area contributed by atoms with E-state index in [4.69, 9.17) is 5.26 Å². The Hall–Kier alpha value is -1.40. The summed E-state index contributed by atoms with van der Waals surface area (Å²) in [4.78, 5) is 0. The molecular weight excluding hydrogens is 215 g/mol. The van der Waals surface area contributed by atoms with Gasteiger partial charge in [0.25, 0.3) is 0 Å². The van der Waals surface area contributed by atoms with Crippen molar-refractivity contribution in [1.82, 2.24) is 5.32 Å². The lowest BCUT2D eigenvalue weighted by Gasteiger charge is -2.14. The number of benzene rings is 1. The number of rotatable bonds is 6. The van der Waals surface area contributed by atoms with Crippen LogP contribution < -0.4 is 5.32 Å². The van der Waals surface area contributed by atoms with E-state index in [2.05, 4.69) is 11.4 Å². The molecule has 0 amide bonds. The Morgan fingerprint density at radius 2 is 2.12 bits per heavy atom. The number of halogens is 1. The second kappa shape index (κ2) is 6.36. The molecule has 0 bridgehead atoms. The summed E-state index contributed by atoms with van der Waals surface area (Å²) in [6.07, 6.45) is 1.64. The minimum Gasteiger partial charge on any atom is -0.316 e. The van der Waals surface area contributed by atoms with Crippen molar-refractivity contribution < 1.29 is 4.39 Å². The van der Waals surface area contributed by atoms with E-state index < -0.39 is 0 Å². The summed E-state index contributed by atoms with van der Waals surface area (Å²) in [5.74, 6) is -0.187. The fraction of sp³-hybridized carbons (Fsp3) is 0.500. The molecule has 0 spiro atoms. The van der Waals surface area contributed by atoms with Crippen LogP contribution in [-0.4, -0.2) is 13.1 Å². The maximum Gasteiger partial charge on any atom is 0.123 e. The van der Waals surface area contributed by atoms with E-state index in [-0.39, 0.29) is 11.2 Å².